The molecule has 0 aliphatic carbocycles. The minimum atomic E-state index is -0.400. The number of hydrogen-bond donors (Lipinski definition) is 0. The minimum Gasteiger partial charge on any atom is -0.465 e. The Kier molecular flexibility index (Phi) is 6.22. The molecule has 1 rings (SSSR count). The summed E-state index contributed by atoms with van der Waals surface area (Å²) < 4.78 is 10.2. The monoisotopic (exact) mass is 278 g/mol. The number of ether oxygens (including phenoxy) is 2. The third-order valence-electron chi connectivity index (χ3n) is 2.67. The van der Waals surface area contributed by atoms with Crippen molar-refractivity contribution in [3.05, 3.63) is 34.9 Å². The third kappa shape index (κ3) is 5.03. The van der Waals surface area contributed by atoms with Gasteiger partial charge in [0.25, 0.3) is 0 Å². The summed E-state index contributed by atoms with van der Waals surface area (Å²) in [6, 6.07) is 5.38. The van der Waals surface area contributed by atoms with Gasteiger partial charge in [0.2, 0.25) is 0 Å². The molecule has 0 fully saturated rings. The van der Waals surface area contributed by atoms with Gasteiger partial charge in [0.1, 0.15) is 0 Å². The van der Waals surface area contributed by atoms with Crippen LogP contribution >= 0.6 is 0 Å². The summed E-state index contributed by atoms with van der Waals surface area (Å²) in [5.74, 6) is -0.433. The van der Waals surface area contributed by atoms with Crippen LogP contribution in [0, 0.1) is 12.8 Å². The zero-order valence-electron chi connectivity index (χ0n) is 12.6. The number of carbonyl (C=O) groups excluding carboxylic acids is 2. The van der Waals surface area contributed by atoms with Crippen molar-refractivity contribution in [1.82, 2.24) is 0 Å². The van der Waals surface area contributed by atoms with Crippen LogP contribution in [0.5, 0.6) is 0 Å². The quantitative estimate of drug-likeness (QED) is 0.751. The first-order valence-corrected chi connectivity index (χ1v) is 6.86. The molecule has 20 heavy (non-hydrogen) atoms. The molecular formula is C16H22O4. The van der Waals surface area contributed by atoms with Crippen LogP contribution in [-0.4, -0.2) is 25.2 Å². The number of aryl methyl sites for hydroxylation is 1. The highest BCUT2D eigenvalue weighted by Gasteiger charge is 2.16. The maximum absolute atomic E-state index is 11.9. The Balaban J connectivity index is 2.83. The highest BCUT2D eigenvalue weighted by Crippen LogP contribution is 2.15. The molecule has 0 spiro atoms. The molecule has 0 N–H and O–H groups in total. The summed E-state index contributed by atoms with van der Waals surface area (Å²) in [5.41, 5.74) is 2.03. The topological polar surface area (TPSA) is 52.6 Å². The lowest BCUT2D eigenvalue weighted by molar-refractivity contribution is -0.143. The van der Waals surface area contributed by atoms with Crippen molar-refractivity contribution in [3.8, 4) is 0 Å². The van der Waals surface area contributed by atoms with Crippen LogP contribution in [-0.2, 0) is 20.7 Å². The zero-order chi connectivity index (χ0) is 15.1. The van der Waals surface area contributed by atoms with Gasteiger partial charge in [0, 0.05) is 0 Å². The van der Waals surface area contributed by atoms with E-state index in [2.05, 4.69) is 0 Å². The van der Waals surface area contributed by atoms with E-state index in [4.69, 9.17) is 9.47 Å². The van der Waals surface area contributed by atoms with Gasteiger partial charge in [-0.15, -0.1) is 0 Å². The van der Waals surface area contributed by atoms with Gasteiger partial charge < -0.3 is 9.47 Å². The molecule has 0 atom stereocenters. The van der Waals surface area contributed by atoms with Gasteiger partial charge in [0.15, 0.2) is 0 Å². The highest BCUT2D eigenvalue weighted by molar-refractivity contribution is 5.92. The lowest BCUT2D eigenvalue weighted by Crippen LogP contribution is -2.15. The molecule has 0 aromatic heterocycles. The predicted octanol–water partition coefficient (Wildman–Crippen LogP) is 2.91. The second kappa shape index (κ2) is 7.68. The van der Waals surface area contributed by atoms with Gasteiger partial charge in [-0.3, -0.25) is 4.79 Å². The van der Waals surface area contributed by atoms with E-state index in [0.717, 1.165) is 5.56 Å². The summed E-state index contributed by atoms with van der Waals surface area (Å²) in [6.07, 6.45) is 0.0845. The maximum atomic E-state index is 11.9. The normalized spacial score (nSPS) is 10.4. The molecule has 1 aromatic rings. The largest absolute Gasteiger partial charge is 0.465 e. The number of hydrogen-bond acceptors (Lipinski definition) is 4. The molecule has 1 aromatic carbocycles. The molecule has 0 amide bonds. The maximum Gasteiger partial charge on any atom is 0.338 e. The summed E-state index contributed by atoms with van der Waals surface area (Å²) >= 11 is 0. The third-order valence-corrected chi connectivity index (χ3v) is 2.67. The Bertz CT molecular complexity index is 477. The Morgan fingerprint density at radius 2 is 1.90 bits per heavy atom. The van der Waals surface area contributed by atoms with Crippen molar-refractivity contribution in [2.45, 2.75) is 34.1 Å². The van der Waals surface area contributed by atoms with Gasteiger partial charge in [-0.25, -0.2) is 4.79 Å². The molecule has 0 bridgehead atoms. The van der Waals surface area contributed by atoms with Gasteiger partial charge in [-0.2, -0.15) is 0 Å². The fourth-order valence-electron chi connectivity index (χ4n) is 1.71. The van der Waals surface area contributed by atoms with Gasteiger partial charge in [0.05, 0.1) is 25.2 Å². The molecule has 0 saturated carbocycles. The lowest BCUT2D eigenvalue weighted by Gasteiger charge is -2.11. The second-order valence-corrected chi connectivity index (χ2v) is 5.13. The van der Waals surface area contributed by atoms with Crippen molar-refractivity contribution in [2.75, 3.05) is 13.2 Å². The molecule has 0 radical (unpaired) electrons. The van der Waals surface area contributed by atoms with E-state index in [1.165, 1.54) is 0 Å². The van der Waals surface area contributed by atoms with E-state index in [-0.39, 0.29) is 12.4 Å². The van der Waals surface area contributed by atoms with Crippen LogP contribution in [0.25, 0.3) is 0 Å². The predicted molar refractivity (Wildman–Crippen MR) is 76.6 cm³/mol. The summed E-state index contributed by atoms with van der Waals surface area (Å²) in [6.45, 7) is 8.30. The minimum absolute atomic E-state index is 0.0845. The van der Waals surface area contributed by atoms with E-state index in [1.54, 1.807) is 19.1 Å². The van der Waals surface area contributed by atoms with Crippen molar-refractivity contribution in [3.63, 3.8) is 0 Å². The van der Waals surface area contributed by atoms with Crippen LogP contribution in [0.1, 0.15) is 42.3 Å². The van der Waals surface area contributed by atoms with Crippen molar-refractivity contribution in [2.24, 2.45) is 5.92 Å². The second-order valence-electron chi connectivity index (χ2n) is 5.13. The Morgan fingerprint density at radius 3 is 2.50 bits per heavy atom. The SMILES string of the molecule is CCOC(=O)c1cc(C)ccc1CC(=O)OCC(C)C. The molecule has 4 heteroatoms. The average Bonchev–Trinajstić information content (AvgIpc) is 2.38. The van der Waals surface area contributed by atoms with Crippen LogP contribution in [0.3, 0.4) is 0 Å². The number of rotatable bonds is 6. The first-order chi connectivity index (χ1) is 9.43. The Hall–Kier alpha value is -1.84. The smallest absolute Gasteiger partial charge is 0.338 e. The summed E-state index contributed by atoms with van der Waals surface area (Å²) in [7, 11) is 0. The fourth-order valence-corrected chi connectivity index (χ4v) is 1.71. The van der Waals surface area contributed by atoms with E-state index in [1.807, 2.05) is 26.8 Å². The van der Waals surface area contributed by atoms with Gasteiger partial charge in [-0.05, 0) is 31.4 Å². The van der Waals surface area contributed by atoms with Gasteiger partial charge >= 0.3 is 11.9 Å². The number of carbonyl (C=O) groups is 2. The van der Waals surface area contributed by atoms with E-state index in [0.29, 0.717) is 30.3 Å². The van der Waals surface area contributed by atoms with E-state index < -0.39 is 5.97 Å². The Morgan fingerprint density at radius 1 is 1.20 bits per heavy atom. The summed E-state index contributed by atoms with van der Waals surface area (Å²) in [5, 5.41) is 0. The molecule has 0 heterocycles. The molecule has 0 saturated heterocycles. The van der Waals surface area contributed by atoms with E-state index >= 15 is 0 Å². The molecule has 0 aliphatic rings. The lowest BCUT2D eigenvalue weighted by atomic mass is 10.0. The average molecular weight is 278 g/mol. The van der Waals surface area contributed by atoms with E-state index in [9.17, 15) is 9.59 Å². The first kappa shape index (κ1) is 16.2. The standard InChI is InChI=1S/C16H22O4/c1-5-19-16(18)14-8-12(4)6-7-13(14)9-15(17)20-10-11(2)3/h6-8,11H,5,9-10H2,1-4H3. The first-order valence-electron chi connectivity index (χ1n) is 6.86. The van der Waals surface area contributed by atoms with Crippen LogP contribution in [0.4, 0.5) is 0 Å². The Labute approximate surface area is 120 Å². The highest BCUT2D eigenvalue weighted by atomic mass is 16.5. The molecule has 110 valence electrons. The molecule has 4 nitrogen and oxygen atoms in total. The fraction of sp³-hybridized carbons (Fsp3) is 0.500. The van der Waals surface area contributed by atoms with Crippen LogP contribution < -0.4 is 0 Å². The molecule has 0 aliphatic heterocycles. The number of esters is 2. The van der Waals surface area contributed by atoms with Crippen molar-refractivity contribution >= 4 is 11.9 Å². The van der Waals surface area contributed by atoms with Crippen LogP contribution in [0.2, 0.25) is 0 Å². The number of benzene rings is 1. The zero-order valence-corrected chi connectivity index (χ0v) is 12.6. The molecule has 0 unspecified atom stereocenters. The van der Waals surface area contributed by atoms with Gasteiger partial charge in [-0.1, -0.05) is 31.5 Å². The van der Waals surface area contributed by atoms with Crippen LogP contribution in [0.15, 0.2) is 18.2 Å². The molecular weight excluding hydrogens is 256 g/mol. The van der Waals surface area contributed by atoms with Crippen molar-refractivity contribution < 1.29 is 19.1 Å². The summed E-state index contributed by atoms with van der Waals surface area (Å²) in [4.78, 5) is 23.7. The van der Waals surface area contributed by atoms with Crippen molar-refractivity contribution in [1.29, 1.82) is 0 Å².